The average Bonchev–Trinajstić information content (AvgIpc) is 2.87. The van der Waals surface area contributed by atoms with Crippen LogP contribution < -0.4 is 9.62 Å². The number of benzene rings is 3. The lowest BCUT2D eigenvalue weighted by atomic mass is 10.0. The van der Waals surface area contributed by atoms with Gasteiger partial charge in [-0.25, -0.2) is 12.8 Å². The van der Waals surface area contributed by atoms with Gasteiger partial charge in [-0.1, -0.05) is 83.3 Å². The summed E-state index contributed by atoms with van der Waals surface area (Å²) in [6.07, 6.45) is 1.00. The summed E-state index contributed by atoms with van der Waals surface area (Å²) in [4.78, 5) is 28.9. The molecule has 0 aliphatic heterocycles. The van der Waals surface area contributed by atoms with E-state index >= 15 is 0 Å². The molecule has 0 heterocycles. The molecular formula is C29H31Cl3FN3O4S. The zero-order chi connectivity index (χ0) is 30.5. The van der Waals surface area contributed by atoms with E-state index in [0.717, 1.165) is 16.1 Å². The number of halogens is 4. The van der Waals surface area contributed by atoms with Gasteiger partial charge >= 0.3 is 0 Å². The third-order valence-electron chi connectivity index (χ3n) is 6.01. The molecule has 2 amide bonds. The van der Waals surface area contributed by atoms with Gasteiger partial charge in [0.25, 0.3) is 0 Å². The van der Waals surface area contributed by atoms with Gasteiger partial charge < -0.3 is 10.2 Å². The number of amides is 2. The van der Waals surface area contributed by atoms with Gasteiger partial charge in [0.15, 0.2) is 0 Å². The van der Waals surface area contributed by atoms with Gasteiger partial charge in [-0.15, -0.1) is 0 Å². The number of nitrogens with one attached hydrogen (secondary N) is 1. The fraction of sp³-hybridized carbons (Fsp3) is 0.310. The summed E-state index contributed by atoms with van der Waals surface area (Å²) in [5.74, 6) is -1.82. The summed E-state index contributed by atoms with van der Waals surface area (Å²) in [5.41, 5.74) is 0.188. The number of nitrogens with zero attached hydrogens (tertiary/aromatic N) is 2. The van der Waals surface area contributed by atoms with Crippen molar-refractivity contribution in [3.63, 3.8) is 0 Å². The van der Waals surface area contributed by atoms with Crippen LogP contribution in [0.1, 0.15) is 31.9 Å². The van der Waals surface area contributed by atoms with E-state index in [1.54, 1.807) is 51.1 Å². The molecule has 0 aromatic heterocycles. The van der Waals surface area contributed by atoms with Crippen molar-refractivity contribution in [1.82, 2.24) is 10.2 Å². The fourth-order valence-electron chi connectivity index (χ4n) is 4.11. The van der Waals surface area contributed by atoms with Crippen LogP contribution in [0.3, 0.4) is 0 Å². The van der Waals surface area contributed by atoms with Gasteiger partial charge in [-0.2, -0.15) is 0 Å². The Kier molecular flexibility index (Phi) is 10.7. The Labute approximate surface area is 255 Å². The molecule has 12 heteroatoms. The average molecular weight is 643 g/mol. The van der Waals surface area contributed by atoms with Crippen LogP contribution in [-0.4, -0.2) is 49.5 Å². The van der Waals surface area contributed by atoms with E-state index in [9.17, 15) is 22.4 Å². The molecule has 3 aromatic rings. The quantitative estimate of drug-likeness (QED) is 0.271. The normalized spacial score (nSPS) is 12.5. The number of sulfonamides is 1. The van der Waals surface area contributed by atoms with Gasteiger partial charge in [0, 0.05) is 24.1 Å². The molecule has 41 heavy (non-hydrogen) atoms. The minimum atomic E-state index is -4.09. The van der Waals surface area contributed by atoms with E-state index in [0.29, 0.717) is 0 Å². The van der Waals surface area contributed by atoms with Gasteiger partial charge in [0.2, 0.25) is 21.8 Å². The Morgan fingerprint density at radius 3 is 2.10 bits per heavy atom. The molecule has 220 valence electrons. The predicted octanol–water partition coefficient (Wildman–Crippen LogP) is 6.11. The summed E-state index contributed by atoms with van der Waals surface area (Å²) in [6.45, 7) is 4.35. The van der Waals surface area contributed by atoms with E-state index < -0.39 is 45.8 Å². The molecule has 0 spiro atoms. The van der Waals surface area contributed by atoms with Crippen LogP contribution in [-0.2, 0) is 32.6 Å². The topological polar surface area (TPSA) is 86.8 Å². The van der Waals surface area contributed by atoms with Crippen molar-refractivity contribution < 1.29 is 22.4 Å². The SMILES string of the molecule is CC(C)(C)NC(=O)C(Cc1ccccc1)N(Cc1ccccc1F)C(=O)CN(c1cc(Cl)c(Cl)cc1Cl)S(C)(=O)=O. The van der Waals surface area contributed by atoms with Crippen molar-refractivity contribution in [3.05, 3.63) is 98.7 Å². The number of rotatable bonds is 10. The summed E-state index contributed by atoms with van der Waals surface area (Å²) in [6, 6.07) is 16.3. The molecule has 0 aliphatic carbocycles. The van der Waals surface area contributed by atoms with Crippen molar-refractivity contribution >= 4 is 62.3 Å². The zero-order valence-corrected chi connectivity index (χ0v) is 26.1. The van der Waals surface area contributed by atoms with E-state index in [2.05, 4.69) is 5.32 Å². The second-order valence-electron chi connectivity index (χ2n) is 10.5. The van der Waals surface area contributed by atoms with Crippen LogP contribution in [0.25, 0.3) is 0 Å². The highest BCUT2D eigenvalue weighted by molar-refractivity contribution is 7.92. The standard InChI is InChI=1S/C29H31Cl3FN3O4S/c1-29(2,3)34-28(38)26(14-19-10-6-5-7-11-19)35(17-20-12-8-9-13-24(20)33)27(37)18-36(41(4,39)40)25-16-22(31)21(30)15-23(25)32/h5-13,15-16,26H,14,17-18H2,1-4H3,(H,34,38). The van der Waals surface area contributed by atoms with E-state index in [-0.39, 0.29) is 39.3 Å². The summed E-state index contributed by atoms with van der Waals surface area (Å²) >= 11 is 18.5. The Balaban J connectivity index is 2.13. The van der Waals surface area contributed by atoms with Crippen LogP contribution in [0, 0.1) is 5.82 Å². The third-order valence-corrected chi connectivity index (χ3v) is 8.16. The molecule has 0 radical (unpaired) electrons. The minimum Gasteiger partial charge on any atom is -0.350 e. The maximum absolute atomic E-state index is 14.8. The number of hydrogen-bond acceptors (Lipinski definition) is 4. The van der Waals surface area contributed by atoms with Crippen LogP contribution >= 0.6 is 34.8 Å². The highest BCUT2D eigenvalue weighted by Gasteiger charge is 2.35. The molecule has 1 atom stereocenters. The fourth-order valence-corrected chi connectivity index (χ4v) is 5.66. The first-order valence-corrected chi connectivity index (χ1v) is 15.6. The third kappa shape index (κ3) is 9.07. The van der Waals surface area contributed by atoms with Gasteiger partial charge in [-0.3, -0.25) is 13.9 Å². The number of carbonyl (C=O) groups excluding carboxylic acids is 2. The van der Waals surface area contributed by atoms with Gasteiger partial charge in [0.1, 0.15) is 18.4 Å². The highest BCUT2D eigenvalue weighted by Crippen LogP contribution is 2.35. The zero-order valence-electron chi connectivity index (χ0n) is 23.0. The lowest BCUT2D eigenvalue weighted by Crippen LogP contribution is -2.56. The number of hydrogen-bond donors (Lipinski definition) is 1. The Morgan fingerprint density at radius 1 is 0.927 bits per heavy atom. The highest BCUT2D eigenvalue weighted by atomic mass is 35.5. The van der Waals surface area contributed by atoms with Crippen LogP contribution in [0.5, 0.6) is 0 Å². The summed E-state index contributed by atoms with van der Waals surface area (Å²) < 4.78 is 41.5. The lowest BCUT2D eigenvalue weighted by molar-refractivity contribution is -0.140. The first kappa shape index (κ1) is 32.7. The molecule has 1 N–H and O–H groups in total. The monoisotopic (exact) mass is 641 g/mol. The summed E-state index contributed by atoms with van der Waals surface area (Å²) in [7, 11) is -4.09. The largest absolute Gasteiger partial charge is 0.350 e. The second-order valence-corrected chi connectivity index (χ2v) is 13.7. The molecule has 0 aliphatic rings. The van der Waals surface area contributed by atoms with Crippen LogP contribution in [0.15, 0.2) is 66.7 Å². The van der Waals surface area contributed by atoms with Gasteiger partial charge in [-0.05, 0) is 44.5 Å². The minimum absolute atomic E-state index is 0.0295. The van der Waals surface area contributed by atoms with Gasteiger partial charge in [0.05, 0.1) is 27.0 Å². The predicted molar refractivity (Wildman–Crippen MR) is 162 cm³/mol. The van der Waals surface area contributed by atoms with Crippen molar-refractivity contribution in [2.24, 2.45) is 0 Å². The number of anilines is 1. The Morgan fingerprint density at radius 2 is 1.51 bits per heavy atom. The van der Waals surface area contributed by atoms with Crippen molar-refractivity contribution in [2.75, 3.05) is 17.1 Å². The molecule has 0 bridgehead atoms. The maximum atomic E-state index is 14.8. The maximum Gasteiger partial charge on any atom is 0.244 e. The molecule has 3 aromatic carbocycles. The number of carbonyl (C=O) groups is 2. The molecule has 1 unspecified atom stereocenters. The van der Waals surface area contributed by atoms with E-state index in [1.807, 2.05) is 6.07 Å². The molecule has 0 saturated carbocycles. The molecule has 0 saturated heterocycles. The molecule has 0 fully saturated rings. The van der Waals surface area contributed by atoms with E-state index in [4.69, 9.17) is 34.8 Å². The summed E-state index contributed by atoms with van der Waals surface area (Å²) in [5, 5.41) is 2.98. The van der Waals surface area contributed by atoms with Crippen molar-refractivity contribution in [1.29, 1.82) is 0 Å². The second kappa shape index (κ2) is 13.4. The molecule has 3 rings (SSSR count). The van der Waals surface area contributed by atoms with Crippen LogP contribution in [0.4, 0.5) is 10.1 Å². The molecule has 7 nitrogen and oxygen atoms in total. The van der Waals surface area contributed by atoms with Crippen LogP contribution in [0.2, 0.25) is 15.1 Å². The lowest BCUT2D eigenvalue weighted by Gasteiger charge is -2.35. The molecular weight excluding hydrogens is 612 g/mol. The first-order chi connectivity index (χ1) is 19.1. The first-order valence-electron chi connectivity index (χ1n) is 12.6. The Hall–Kier alpha value is -2.85. The van der Waals surface area contributed by atoms with E-state index in [1.165, 1.54) is 35.2 Å². The van der Waals surface area contributed by atoms with Crippen molar-refractivity contribution in [2.45, 2.75) is 45.3 Å². The Bertz CT molecular complexity index is 1520. The smallest absolute Gasteiger partial charge is 0.244 e. The van der Waals surface area contributed by atoms with Crippen molar-refractivity contribution in [3.8, 4) is 0 Å².